The number of esters is 1. The zero-order chi connectivity index (χ0) is 14.7. The van der Waals surface area contributed by atoms with Crippen LogP contribution in [-0.2, 0) is 14.3 Å². The number of carbonyl (C=O) groups excluding carboxylic acids is 2. The molecule has 0 aromatic heterocycles. The van der Waals surface area contributed by atoms with Crippen LogP contribution >= 0.6 is 0 Å². The molecule has 0 aliphatic carbocycles. The minimum absolute atomic E-state index is 0.273. The van der Waals surface area contributed by atoms with E-state index in [0.29, 0.717) is 13.0 Å². The first kappa shape index (κ1) is 15.3. The van der Waals surface area contributed by atoms with Crippen LogP contribution in [0.2, 0.25) is 0 Å². The third kappa shape index (κ3) is 3.16. The Kier molecular flexibility index (Phi) is 4.40. The van der Waals surface area contributed by atoms with E-state index in [1.807, 2.05) is 6.07 Å². The maximum absolute atomic E-state index is 12.2. The summed E-state index contributed by atoms with van der Waals surface area (Å²) in [6, 6.07) is 1.94. The predicted octanol–water partition coefficient (Wildman–Crippen LogP) is 1.84. The first-order valence-electron chi connectivity index (χ1n) is 6.27. The molecule has 0 bridgehead atoms. The Hall–Kier alpha value is -1.77. The Bertz CT molecular complexity index is 408. The van der Waals surface area contributed by atoms with Gasteiger partial charge in [-0.15, -0.1) is 0 Å². The highest BCUT2D eigenvalue weighted by molar-refractivity contribution is 5.89. The molecule has 1 fully saturated rings. The Morgan fingerprint density at radius 2 is 1.95 bits per heavy atom. The molecule has 0 aromatic carbocycles. The highest BCUT2D eigenvalue weighted by atomic mass is 16.6. The largest absolute Gasteiger partial charge is 0.466 e. The molecule has 0 N–H and O–H groups in total. The summed E-state index contributed by atoms with van der Waals surface area (Å²) in [5, 5.41) is 9.36. The van der Waals surface area contributed by atoms with E-state index in [2.05, 4.69) is 4.74 Å². The molecule has 1 heterocycles. The van der Waals surface area contributed by atoms with Crippen molar-refractivity contribution >= 4 is 12.1 Å². The number of nitriles is 1. The molecule has 1 rings (SSSR count). The summed E-state index contributed by atoms with van der Waals surface area (Å²) < 4.78 is 9.94. The summed E-state index contributed by atoms with van der Waals surface area (Å²) in [6.07, 6.45) is 1.05. The van der Waals surface area contributed by atoms with Crippen molar-refractivity contribution in [3.05, 3.63) is 0 Å². The fourth-order valence-electron chi connectivity index (χ4n) is 2.08. The average Bonchev–Trinajstić information content (AvgIpc) is 2.35. The number of carbonyl (C=O) groups is 2. The monoisotopic (exact) mass is 268 g/mol. The van der Waals surface area contributed by atoms with E-state index < -0.39 is 23.2 Å². The molecule has 19 heavy (non-hydrogen) atoms. The third-order valence-electron chi connectivity index (χ3n) is 2.95. The van der Waals surface area contributed by atoms with Crippen molar-refractivity contribution in [2.45, 2.75) is 51.2 Å². The minimum atomic E-state index is -1.56. The number of rotatable bonds is 1. The van der Waals surface area contributed by atoms with Gasteiger partial charge in [0.25, 0.3) is 0 Å². The zero-order valence-electron chi connectivity index (χ0n) is 11.9. The van der Waals surface area contributed by atoms with Crippen molar-refractivity contribution in [2.75, 3.05) is 13.7 Å². The Morgan fingerprint density at radius 1 is 1.32 bits per heavy atom. The maximum Gasteiger partial charge on any atom is 0.412 e. The van der Waals surface area contributed by atoms with Gasteiger partial charge in [-0.3, -0.25) is 4.90 Å². The van der Waals surface area contributed by atoms with Crippen LogP contribution in [0.3, 0.4) is 0 Å². The topological polar surface area (TPSA) is 79.6 Å². The molecular weight excluding hydrogens is 248 g/mol. The predicted molar refractivity (Wildman–Crippen MR) is 67.2 cm³/mol. The van der Waals surface area contributed by atoms with Crippen molar-refractivity contribution in [3.8, 4) is 6.07 Å². The van der Waals surface area contributed by atoms with E-state index in [4.69, 9.17) is 4.74 Å². The number of nitrogens with zero attached hydrogens (tertiary/aromatic N) is 2. The smallest absolute Gasteiger partial charge is 0.412 e. The summed E-state index contributed by atoms with van der Waals surface area (Å²) in [5.74, 6) is -0.708. The van der Waals surface area contributed by atoms with Gasteiger partial charge < -0.3 is 9.47 Å². The van der Waals surface area contributed by atoms with Crippen LogP contribution in [0.4, 0.5) is 4.79 Å². The molecule has 1 unspecified atom stereocenters. The highest BCUT2D eigenvalue weighted by Gasteiger charge is 2.51. The van der Waals surface area contributed by atoms with Gasteiger partial charge in [0.1, 0.15) is 11.7 Å². The van der Waals surface area contributed by atoms with Crippen LogP contribution in [0.1, 0.15) is 40.0 Å². The van der Waals surface area contributed by atoms with Crippen LogP contribution in [-0.4, -0.2) is 41.8 Å². The molecule has 0 radical (unpaired) electrons. The summed E-state index contributed by atoms with van der Waals surface area (Å²) in [7, 11) is 1.21. The highest BCUT2D eigenvalue weighted by Crippen LogP contribution is 2.30. The summed E-state index contributed by atoms with van der Waals surface area (Å²) in [6.45, 7) is 5.53. The molecule has 6 nitrogen and oxygen atoms in total. The van der Waals surface area contributed by atoms with Gasteiger partial charge in [-0.25, -0.2) is 9.59 Å². The molecule has 1 atom stereocenters. The van der Waals surface area contributed by atoms with Crippen LogP contribution in [0.5, 0.6) is 0 Å². The van der Waals surface area contributed by atoms with E-state index >= 15 is 0 Å². The fraction of sp³-hybridized carbons (Fsp3) is 0.769. The number of ether oxygens (including phenoxy) is 2. The molecule has 106 valence electrons. The van der Waals surface area contributed by atoms with Crippen molar-refractivity contribution in [1.82, 2.24) is 4.90 Å². The second-order valence-electron chi connectivity index (χ2n) is 5.55. The Morgan fingerprint density at radius 3 is 2.42 bits per heavy atom. The fourth-order valence-corrected chi connectivity index (χ4v) is 2.08. The van der Waals surface area contributed by atoms with E-state index in [0.717, 1.165) is 6.42 Å². The van der Waals surface area contributed by atoms with Crippen molar-refractivity contribution < 1.29 is 19.1 Å². The standard InChI is InChI=1S/C13H20N2O4/c1-12(2,3)19-11(17)15-8-6-5-7-13(15,9-14)10(16)18-4/h5-8H2,1-4H3. The molecular formula is C13H20N2O4. The third-order valence-corrected chi connectivity index (χ3v) is 2.95. The van der Waals surface area contributed by atoms with E-state index in [9.17, 15) is 14.9 Å². The second kappa shape index (κ2) is 5.47. The van der Waals surface area contributed by atoms with Gasteiger partial charge in [-0.1, -0.05) is 0 Å². The number of methoxy groups -OCH3 is 1. The summed E-state index contributed by atoms with van der Waals surface area (Å²) >= 11 is 0. The zero-order valence-corrected chi connectivity index (χ0v) is 11.9. The summed E-state index contributed by atoms with van der Waals surface area (Å²) in [5.41, 5.74) is -2.23. The summed E-state index contributed by atoms with van der Waals surface area (Å²) in [4.78, 5) is 25.2. The molecule has 0 aromatic rings. The Labute approximate surface area is 113 Å². The van der Waals surface area contributed by atoms with Crippen LogP contribution in [0, 0.1) is 11.3 Å². The molecule has 0 spiro atoms. The normalized spacial score (nSPS) is 23.4. The van der Waals surface area contributed by atoms with Gasteiger partial charge in [0.15, 0.2) is 0 Å². The van der Waals surface area contributed by atoms with Gasteiger partial charge in [-0.2, -0.15) is 5.26 Å². The first-order valence-corrected chi connectivity index (χ1v) is 6.27. The lowest BCUT2D eigenvalue weighted by Crippen LogP contribution is -2.59. The molecule has 1 saturated heterocycles. The average molecular weight is 268 g/mol. The lowest BCUT2D eigenvalue weighted by atomic mass is 9.88. The van der Waals surface area contributed by atoms with Gasteiger partial charge in [0.05, 0.1) is 7.11 Å². The second-order valence-corrected chi connectivity index (χ2v) is 5.55. The lowest BCUT2D eigenvalue weighted by Gasteiger charge is -2.40. The van der Waals surface area contributed by atoms with E-state index in [1.165, 1.54) is 12.0 Å². The number of hydrogen-bond acceptors (Lipinski definition) is 5. The van der Waals surface area contributed by atoms with E-state index in [1.54, 1.807) is 20.8 Å². The first-order chi connectivity index (χ1) is 8.77. The van der Waals surface area contributed by atoms with Gasteiger partial charge >= 0.3 is 12.1 Å². The maximum atomic E-state index is 12.2. The van der Waals surface area contributed by atoms with E-state index in [-0.39, 0.29) is 6.42 Å². The molecule has 1 amide bonds. The molecule has 0 saturated carbocycles. The van der Waals surface area contributed by atoms with Gasteiger partial charge in [-0.05, 0) is 40.0 Å². The molecule has 1 aliphatic heterocycles. The number of amides is 1. The number of piperidine rings is 1. The quantitative estimate of drug-likeness (QED) is 0.678. The van der Waals surface area contributed by atoms with Crippen molar-refractivity contribution in [1.29, 1.82) is 5.26 Å². The van der Waals surface area contributed by atoms with Crippen LogP contribution in [0.25, 0.3) is 0 Å². The Balaban J connectivity index is 3.04. The lowest BCUT2D eigenvalue weighted by molar-refractivity contribution is -0.153. The van der Waals surface area contributed by atoms with Gasteiger partial charge in [0, 0.05) is 6.54 Å². The SMILES string of the molecule is COC(=O)C1(C#N)CCCCN1C(=O)OC(C)(C)C. The molecule has 1 aliphatic rings. The molecule has 6 heteroatoms. The number of hydrogen-bond donors (Lipinski definition) is 0. The van der Waals surface area contributed by atoms with Crippen molar-refractivity contribution in [2.24, 2.45) is 0 Å². The van der Waals surface area contributed by atoms with Crippen LogP contribution in [0.15, 0.2) is 0 Å². The van der Waals surface area contributed by atoms with Crippen LogP contribution < -0.4 is 0 Å². The van der Waals surface area contributed by atoms with Crippen molar-refractivity contribution in [3.63, 3.8) is 0 Å². The number of likely N-dealkylation sites (tertiary alicyclic amines) is 1. The minimum Gasteiger partial charge on any atom is -0.466 e. The van der Waals surface area contributed by atoms with Gasteiger partial charge in [0.2, 0.25) is 5.54 Å².